The van der Waals surface area contributed by atoms with E-state index >= 15 is 0 Å². The number of likely N-dealkylation sites (N-methyl/N-ethyl adjacent to an activating group) is 1. The second kappa shape index (κ2) is 8.59. The van der Waals surface area contributed by atoms with Gasteiger partial charge < -0.3 is 14.5 Å². The lowest BCUT2D eigenvalue weighted by Gasteiger charge is -2.16. The monoisotopic (exact) mass is 384 g/mol. The molecule has 1 aromatic carbocycles. The molecule has 0 fully saturated rings. The molecule has 8 nitrogen and oxygen atoms in total. The normalized spacial score (nSPS) is 11.3. The van der Waals surface area contributed by atoms with Crippen molar-refractivity contribution in [1.82, 2.24) is 9.62 Å². The Morgan fingerprint density at radius 1 is 1.23 bits per heavy atom. The SMILES string of the molecule is CN(CC(=O)OCC(=O)NCc1ccco1)S(=O)(=O)c1ccc(F)cc1. The Morgan fingerprint density at radius 2 is 1.92 bits per heavy atom. The molecule has 0 aliphatic heterocycles. The molecule has 26 heavy (non-hydrogen) atoms. The predicted octanol–water partition coefficient (Wildman–Crippen LogP) is 0.899. The van der Waals surface area contributed by atoms with E-state index in [0.29, 0.717) is 5.76 Å². The first-order valence-electron chi connectivity index (χ1n) is 7.45. The standard InChI is InChI=1S/C16H17FN2O6S/c1-19(26(22,23)14-6-4-12(17)5-7-14)10-16(21)25-11-15(20)18-9-13-3-2-8-24-13/h2-8H,9-11H2,1H3,(H,18,20). The fourth-order valence-corrected chi connectivity index (χ4v) is 3.01. The summed E-state index contributed by atoms with van der Waals surface area (Å²) < 4.78 is 47.9. The summed E-state index contributed by atoms with van der Waals surface area (Å²) in [6.07, 6.45) is 1.46. The van der Waals surface area contributed by atoms with Crippen molar-refractivity contribution in [3.05, 3.63) is 54.2 Å². The van der Waals surface area contributed by atoms with E-state index in [0.717, 1.165) is 28.6 Å². The Hall–Kier alpha value is -2.72. The molecule has 0 bridgehead atoms. The third-order valence-corrected chi connectivity index (χ3v) is 5.10. The molecule has 0 unspecified atom stereocenters. The van der Waals surface area contributed by atoms with Crippen molar-refractivity contribution in [2.24, 2.45) is 0 Å². The summed E-state index contributed by atoms with van der Waals surface area (Å²) in [7, 11) is -2.80. The lowest BCUT2D eigenvalue weighted by Crippen LogP contribution is -2.35. The number of carbonyl (C=O) groups is 2. The van der Waals surface area contributed by atoms with Crippen LogP contribution in [0.5, 0.6) is 0 Å². The fourth-order valence-electron chi connectivity index (χ4n) is 1.89. The first kappa shape index (κ1) is 19.6. The summed E-state index contributed by atoms with van der Waals surface area (Å²) in [4.78, 5) is 23.2. The molecular weight excluding hydrogens is 367 g/mol. The van der Waals surface area contributed by atoms with Crippen LogP contribution in [0.1, 0.15) is 5.76 Å². The van der Waals surface area contributed by atoms with Gasteiger partial charge in [-0.3, -0.25) is 9.59 Å². The zero-order valence-electron chi connectivity index (χ0n) is 13.8. The van der Waals surface area contributed by atoms with Crippen molar-refractivity contribution in [3.63, 3.8) is 0 Å². The van der Waals surface area contributed by atoms with E-state index in [2.05, 4.69) is 5.32 Å². The van der Waals surface area contributed by atoms with Gasteiger partial charge in [-0.1, -0.05) is 0 Å². The number of benzene rings is 1. The van der Waals surface area contributed by atoms with Crippen LogP contribution in [-0.2, 0) is 30.9 Å². The number of halogens is 1. The van der Waals surface area contributed by atoms with Gasteiger partial charge in [0.2, 0.25) is 10.0 Å². The van der Waals surface area contributed by atoms with Crippen LogP contribution in [0.15, 0.2) is 52.0 Å². The lowest BCUT2D eigenvalue weighted by molar-refractivity contribution is -0.148. The average Bonchev–Trinajstić information content (AvgIpc) is 3.12. The Bertz CT molecular complexity index is 849. The predicted molar refractivity (Wildman–Crippen MR) is 87.7 cm³/mol. The van der Waals surface area contributed by atoms with Crippen LogP contribution in [0.2, 0.25) is 0 Å². The van der Waals surface area contributed by atoms with E-state index in [1.165, 1.54) is 13.3 Å². The summed E-state index contributed by atoms with van der Waals surface area (Å²) in [5, 5.41) is 2.48. The van der Waals surface area contributed by atoms with Crippen molar-refractivity contribution in [2.75, 3.05) is 20.2 Å². The van der Waals surface area contributed by atoms with Gasteiger partial charge in [-0.15, -0.1) is 0 Å². The van der Waals surface area contributed by atoms with E-state index in [4.69, 9.17) is 9.15 Å². The molecule has 1 aromatic heterocycles. The molecule has 0 atom stereocenters. The number of amides is 1. The number of carbonyl (C=O) groups excluding carboxylic acids is 2. The van der Waals surface area contributed by atoms with Gasteiger partial charge in [0.15, 0.2) is 6.61 Å². The van der Waals surface area contributed by atoms with Gasteiger partial charge >= 0.3 is 5.97 Å². The van der Waals surface area contributed by atoms with Gasteiger partial charge in [0.1, 0.15) is 18.1 Å². The number of esters is 1. The Balaban J connectivity index is 1.80. The van der Waals surface area contributed by atoms with Gasteiger partial charge in [-0.2, -0.15) is 4.31 Å². The topological polar surface area (TPSA) is 106 Å². The van der Waals surface area contributed by atoms with Gasteiger partial charge in [0.25, 0.3) is 5.91 Å². The summed E-state index contributed by atoms with van der Waals surface area (Å²) >= 11 is 0. The highest BCUT2D eigenvalue weighted by Crippen LogP contribution is 2.14. The summed E-state index contributed by atoms with van der Waals surface area (Å²) in [5.41, 5.74) is 0. The second-order valence-corrected chi connectivity index (χ2v) is 7.28. The van der Waals surface area contributed by atoms with E-state index in [-0.39, 0.29) is 11.4 Å². The number of furan rings is 1. The minimum atomic E-state index is -3.98. The van der Waals surface area contributed by atoms with Crippen molar-refractivity contribution in [3.8, 4) is 0 Å². The van der Waals surface area contributed by atoms with Crippen LogP contribution in [-0.4, -0.2) is 44.8 Å². The number of nitrogens with one attached hydrogen (secondary N) is 1. The number of hydrogen-bond acceptors (Lipinski definition) is 6. The van der Waals surface area contributed by atoms with Crippen LogP contribution < -0.4 is 5.32 Å². The molecule has 2 rings (SSSR count). The fraction of sp³-hybridized carbons (Fsp3) is 0.250. The van der Waals surface area contributed by atoms with Gasteiger partial charge in [-0.25, -0.2) is 12.8 Å². The molecular formula is C16H17FN2O6S. The first-order valence-corrected chi connectivity index (χ1v) is 8.89. The molecule has 1 amide bonds. The largest absolute Gasteiger partial charge is 0.467 e. The smallest absolute Gasteiger partial charge is 0.321 e. The molecule has 0 radical (unpaired) electrons. The van der Waals surface area contributed by atoms with Crippen LogP contribution in [0, 0.1) is 5.82 Å². The Kier molecular flexibility index (Phi) is 6.47. The maximum Gasteiger partial charge on any atom is 0.321 e. The second-order valence-electron chi connectivity index (χ2n) is 5.23. The third-order valence-electron chi connectivity index (χ3n) is 3.28. The molecule has 10 heteroatoms. The van der Waals surface area contributed by atoms with Crippen LogP contribution in [0.25, 0.3) is 0 Å². The number of rotatable bonds is 8. The third kappa shape index (κ3) is 5.39. The highest BCUT2D eigenvalue weighted by Gasteiger charge is 2.23. The number of sulfonamides is 1. The molecule has 2 aromatic rings. The van der Waals surface area contributed by atoms with E-state index < -0.39 is 40.9 Å². The average molecular weight is 384 g/mol. The van der Waals surface area contributed by atoms with Gasteiger partial charge in [-0.05, 0) is 36.4 Å². The number of nitrogens with zero attached hydrogens (tertiary/aromatic N) is 1. The number of ether oxygens (including phenoxy) is 1. The lowest BCUT2D eigenvalue weighted by atomic mass is 10.4. The molecule has 0 saturated heterocycles. The molecule has 0 saturated carbocycles. The molecule has 0 aliphatic carbocycles. The summed E-state index contributed by atoms with van der Waals surface area (Å²) in [6, 6.07) is 7.52. The van der Waals surface area contributed by atoms with E-state index in [9.17, 15) is 22.4 Å². The zero-order valence-corrected chi connectivity index (χ0v) is 14.7. The maximum absolute atomic E-state index is 12.9. The van der Waals surface area contributed by atoms with E-state index in [1.807, 2.05) is 0 Å². The molecule has 0 aliphatic rings. The van der Waals surface area contributed by atoms with Gasteiger partial charge in [0, 0.05) is 7.05 Å². The van der Waals surface area contributed by atoms with Crippen molar-refractivity contribution in [2.45, 2.75) is 11.4 Å². The molecule has 1 heterocycles. The van der Waals surface area contributed by atoms with Crippen LogP contribution >= 0.6 is 0 Å². The van der Waals surface area contributed by atoms with Gasteiger partial charge in [0.05, 0.1) is 17.7 Å². The van der Waals surface area contributed by atoms with E-state index in [1.54, 1.807) is 12.1 Å². The number of hydrogen-bond donors (Lipinski definition) is 1. The zero-order chi connectivity index (χ0) is 19.2. The minimum absolute atomic E-state index is 0.141. The Morgan fingerprint density at radius 3 is 2.54 bits per heavy atom. The summed E-state index contributed by atoms with van der Waals surface area (Å²) in [6.45, 7) is -1.00. The summed E-state index contributed by atoms with van der Waals surface area (Å²) in [5.74, 6) is -1.49. The maximum atomic E-state index is 12.9. The van der Waals surface area contributed by atoms with Crippen molar-refractivity contribution < 1.29 is 31.6 Å². The quantitative estimate of drug-likeness (QED) is 0.678. The van der Waals surface area contributed by atoms with Crippen molar-refractivity contribution >= 4 is 21.9 Å². The minimum Gasteiger partial charge on any atom is -0.467 e. The highest BCUT2D eigenvalue weighted by molar-refractivity contribution is 7.89. The Labute approximate surface area is 149 Å². The molecule has 140 valence electrons. The highest BCUT2D eigenvalue weighted by atomic mass is 32.2. The first-order chi connectivity index (χ1) is 12.3. The van der Waals surface area contributed by atoms with Crippen LogP contribution in [0.3, 0.4) is 0 Å². The molecule has 1 N–H and O–H groups in total. The van der Waals surface area contributed by atoms with Crippen molar-refractivity contribution in [1.29, 1.82) is 0 Å². The van der Waals surface area contributed by atoms with Crippen LogP contribution in [0.4, 0.5) is 4.39 Å². The molecule has 0 spiro atoms.